The molecule has 128 valence electrons. The Balaban J connectivity index is 2.35. The highest BCUT2D eigenvalue weighted by molar-refractivity contribution is 6.31. The number of ether oxygens (including phenoxy) is 2. The Morgan fingerprint density at radius 3 is 2.54 bits per heavy atom. The van der Waals surface area contributed by atoms with Gasteiger partial charge in [-0.2, -0.15) is 13.2 Å². The Hall–Kier alpha value is -2.21. The van der Waals surface area contributed by atoms with E-state index in [4.69, 9.17) is 16.3 Å². The van der Waals surface area contributed by atoms with Gasteiger partial charge in [-0.05, 0) is 31.2 Å². The molecule has 0 radical (unpaired) electrons. The van der Waals surface area contributed by atoms with Crippen LogP contribution < -0.4 is 4.74 Å². The summed E-state index contributed by atoms with van der Waals surface area (Å²) in [5.74, 6) is -0.972. The van der Waals surface area contributed by atoms with Crippen LogP contribution in [0.5, 0.6) is 5.75 Å². The number of benzene rings is 2. The van der Waals surface area contributed by atoms with Gasteiger partial charge in [0, 0.05) is 10.6 Å². The molecule has 24 heavy (non-hydrogen) atoms. The Morgan fingerprint density at radius 2 is 1.92 bits per heavy atom. The lowest BCUT2D eigenvalue weighted by Crippen LogP contribution is -2.12. The van der Waals surface area contributed by atoms with Crippen molar-refractivity contribution in [3.63, 3.8) is 0 Å². The number of carbonyl (C=O) groups is 1. The summed E-state index contributed by atoms with van der Waals surface area (Å²) >= 11 is 6.04. The minimum absolute atomic E-state index is 0.144. The van der Waals surface area contributed by atoms with E-state index in [1.807, 2.05) is 0 Å². The van der Waals surface area contributed by atoms with Crippen molar-refractivity contribution < 1.29 is 27.4 Å². The number of aryl methyl sites for hydroxylation is 1. The van der Waals surface area contributed by atoms with E-state index in [1.165, 1.54) is 31.4 Å². The third-order valence-electron chi connectivity index (χ3n) is 3.34. The summed E-state index contributed by atoms with van der Waals surface area (Å²) in [5, 5.41) is 0.207. The molecule has 0 fully saturated rings. The summed E-state index contributed by atoms with van der Waals surface area (Å²) < 4.78 is 49.3. The van der Waals surface area contributed by atoms with Crippen molar-refractivity contribution in [1.82, 2.24) is 0 Å². The molecule has 2 aromatic rings. The molecule has 0 amide bonds. The normalized spacial score (nSPS) is 11.2. The fourth-order valence-electron chi connectivity index (χ4n) is 2.15. The summed E-state index contributed by atoms with van der Waals surface area (Å²) in [5.41, 5.74) is -0.0118. The van der Waals surface area contributed by atoms with E-state index in [2.05, 4.69) is 4.74 Å². The average Bonchev–Trinajstić information content (AvgIpc) is 2.52. The number of methoxy groups -OCH3 is 1. The molecule has 0 spiro atoms. The highest BCUT2D eigenvalue weighted by atomic mass is 35.5. The minimum Gasteiger partial charge on any atom is -0.488 e. The van der Waals surface area contributed by atoms with Crippen LogP contribution in [0.4, 0.5) is 13.2 Å². The van der Waals surface area contributed by atoms with Crippen LogP contribution in [0.1, 0.15) is 27.0 Å². The first-order valence-electron chi connectivity index (χ1n) is 6.90. The van der Waals surface area contributed by atoms with E-state index in [-0.39, 0.29) is 28.5 Å². The lowest BCUT2D eigenvalue weighted by atomic mass is 10.1. The van der Waals surface area contributed by atoms with Crippen molar-refractivity contribution in [2.75, 3.05) is 7.11 Å². The molecule has 0 aliphatic carbocycles. The standard InChI is InChI=1S/C17H14ClF3O3/c1-10-6-7-15(13(8-10)17(19,20)21)24-9-12-11(16(22)23-2)4-3-5-14(12)18/h3-8H,9H2,1-2H3. The summed E-state index contributed by atoms with van der Waals surface area (Å²) in [6.07, 6.45) is -4.55. The van der Waals surface area contributed by atoms with Crippen LogP contribution >= 0.6 is 11.6 Å². The topological polar surface area (TPSA) is 35.5 Å². The Labute approximate surface area is 142 Å². The zero-order chi connectivity index (χ0) is 17.9. The zero-order valence-corrected chi connectivity index (χ0v) is 13.7. The first kappa shape index (κ1) is 18.1. The van der Waals surface area contributed by atoms with Crippen LogP contribution in [0.2, 0.25) is 5.02 Å². The van der Waals surface area contributed by atoms with Crippen molar-refractivity contribution in [1.29, 1.82) is 0 Å². The Bertz CT molecular complexity index is 757. The van der Waals surface area contributed by atoms with E-state index in [0.717, 1.165) is 6.07 Å². The fourth-order valence-corrected chi connectivity index (χ4v) is 2.38. The number of hydrogen-bond donors (Lipinski definition) is 0. The molecule has 0 aliphatic rings. The van der Waals surface area contributed by atoms with E-state index < -0.39 is 17.7 Å². The highest BCUT2D eigenvalue weighted by Crippen LogP contribution is 2.37. The van der Waals surface area contributed by atoms with Crippen LogP contribution in [0.3, 0.4) is 0 Å². The van der Waals surface area contributed by atoms with Gasteiger partial charge in [-0.25, -0.2) is 4.79 Å². The number of esters is 1. The van der Waals surface area contributed by atoms with E-state index in [0.29, 0.717) is 5.56 Å². The van der Waals surface area contributed by atoms with Gasteiger partial charge in [-0.1, -0.05) is 29.3 Å². The Kier molecular flexibility index (Phi) is 5.39. The minimum atomic E-state index is -4.55. The smallest absolute Gasteiger partial charge is 0.419 e. The van der Waals surface area contributed by atoms with Gasteiger partial charge in [-0.15, -0.1) is 0 Å². The van der Waals surface area contributed by atoms with Gasteiger partial charge >= 0.3 is 12.1 Å². The second-order valence-corrected chi connectivity index (χ2v) is 5.45. The van der Waals surface area contributed by atoms with Gasteiger partial charge in [0.1, 0.15) is 12.4 Å². The van der Waals surface area contributed by atoms with Crippen molar-refractivity contribution in [3.8, 4) is 5.75 Å². The van der Waals surface area contributed by atoms with Crippen LogP contribution in [0.15, 0.2) is 36.4 Å². The number of hydrogen-bond acceptors (Lipinski definition) is 3. The van der Waals surface area contributed by atoms with Gasteiger partial charge in [0.25, 0.3) is 0 Å². The maximum atomic E-state index is 13.1. The second kappa shape index (κ2) is 7.13. The maximum Gasteiger partial charge on any atom is 0.419 e. The molecule has 0 bridgehead atoms. The first-order chi connectivity index (χ1) is 11.2. The largest absolute Gasteiger partial charge is 0.488 e. The van der Waals surface area contributed by atoms with Gasteiger partial charge < -0.3 is 9.47 Å². The summed E-state index contributed by atoms with van der Waals surface area (Å²) in [6.45, 7) is 1.26. The van der Waals surface area contributed by atoms with Gasteiger partial charge in [-0.3, -0.25) is 0 Å². The van der Waals surface area contributed by atoms with Crippen molar-refractivity contribution in [2.45, 2.75) is 19.7 Å². The van der Waals surface area contributed by atoms with E-state index in [9.17, 15) is 18.0 Å². The van der Waals surface area contributed by atoms with Crippen LogP contribution in [0, 0.1) is 6.92 Å². The third kappa shape index (κ3) is 4.00. The zero-order valence-electron chi connectivity index (χ0n) is 12.9. The maximum absolute atomic E-state index is 13.1. The molecular weight excluding hydrogens is 345 g/mol. The van der Waals surface area contributed by atoms with Crippen molar-refractivity contribution in [2.24, 2.45) is 0 Å². The molecule has 0 heterocycles. The monoisotopic (exact) mass is 358 g/mol. The first-order valence-corrected chi connectivity index (χ1v) is 7.28. The van der Waals surface area contributed by atoms with Gasteiger partial charge in [0.15, 0.2) is 0 Å². The molecule has 0 N–H and O–H groups in total. The van der Waals surface area contributed by atoms with Gasteiger partial charge in [0.05, 0.1) is 18.2 Å². The third-order valence-corrected chi connectivity index (χ3v) is 3.69. The molecule has 0 aliphatic heterocycles. The lowest BCUT2D eigenvalue weighted by Gasteiger charge is -2.16. The summed E-state index contributed by atoms with van der Waals surface area (Å²) in [6, 6.07) is 8.29. The van der Waals surface area contributed by atoms with Crippen LogP contribution in [0.25, 0.3) is 0 Å². The molecule has 0 atom stereocenters. The molecule has 3 nitrogen and oxygen atoms in total. The molecule has 2 aromatic carbocycles. The molecule has 0 saturated carbocycles. The lowest BCUT2D eigenvalue weighted by molar-refractivity contribution is -0.139. The Morgan fingerprint density at radius 1 is 1.21 bits per heavy atom. The number of halogens is 4. The van der Waals surface area contributed by atoms with Crippen molar-refractivity contribution in [3.05, 3.63) is 63.7 Å². The van der Waals surface area contributed by atoms with Crippen LogP contribution in [-0.2, 0) is 17.5 Å². The number of rotatable bonds is 4. The SMILES string of the molecule is COC(=O)c1cccc(Cl)c1COc1ccc(C)cc1C(F)(F)F. The molecule has 7 heteroatoms. The van der Waals surface area contributed by atoms with Crippen molar-refractivity contribution >= 4 is 17.6 Å². The quantitative estimate of drug-likeness (QED) is 0.719. The highest BCUT2D eigenvalue weighted by Gasteiger charge is 2.34. The van der Waals surface area contributed by atoms with E-state index >= 15 is 0 Å². The predicted molar refractivity (Wildman–Crippen MR) is 83.3 cm³/mol. The molecule has 0 aromatic heterocycles. The number of alkyl halides is 3. The second-order valence-electron chi connectivity index (χ2n) is 5.04. The molecule has 2 rings (SSSR count). The predicted octanol–water partition coefficient (Wildman–Crippen LogP) is 5.03. The molecule has 0 unspecified atom stereocenters. The van der Waals surface area contributed by atoms with Gasteiger partial charge in [0.2, 0.25) is 0 Å². The molecular formula is C17H14ClF3O3. The summed E-state index contributed by atoms with van der Waals surface area (Å²) in [7, 11) is 1.20. The average molecular weight is 359 g/mol. The fraction of sp³-hybridized carbons (Fsp3) is 0.235. The molecule has 0 saturated heterocycles. The van der Waals surface area contributed by atoms with Crippen LogP contribution in [-0.4, -0.2) is 13.1 Å². The summed E-state index contributed by atoms with van der Waals surface area (Å²) in [4.78, 5) is 11.8. The number of carbonyl (C=O) groups excluding carboxylic acids is 1. The van der Waals surface area contributed by atoms with E-state index in [1.54, 1.807) is 13.0 Å².